The first kappa shape index (κ1) is 15.3. The molecule has 0 saturated heterocycles. The lowest BCUT2D eigenvalue weighted by atomic mass is 9.97. The Balaban J connectivity index is 1.68. The highest BCUT2D eigenvalue weighted by Gasteiger charge is 2.26. The van der Waals surface area contributed by atoms with Gasteiger partial charge in [0, 0.05) is 34.2 Å². The largest absolute Gasteiger partial charge is 0.507 e. The SMILES string of the molecule is Oc1cc2c(cc1-c1c(-c3ccccc3)oc3cc4c(cc13)OCO4)OCO2. The molecule has 0 saturated carbocycles. The van der Waals surface area contributed by atoms with Gasteiger partial charge in [0.25, 0.3) is 0 Å². The van der Waals surface area contributed by atoms with E-state index in [1.54, 1.807) is 12.1 Å². The Morgan fingerprint density at radius 1 is 0.714 bits per heavy atom. The summed E-state index contributed by atoms with van der Waals surface area (Å²) in [4.78, 5) is 0. The number of fused-ring (bicyclic) bond motifs is 3. The Morgan fingerprint density at radius 3 is 2.11 bits per heavy atom. The van der Waals surface area contributed by atoms with Gasteiger partial charge in [0.15, 0.2) is 23.0 Å². The average Bonchev–Trinajstić information content (AvgIpc) is 3.43. The third kappa shape index (κ3) is 2.15. The number of phenolic OH excluding ortho intramolecular Hbond substituents is 1. The standard InChI is InChI=1S/C22H14O6/c23-15-8-19-17(24-10-26-19)6-13(15)21-14-7-18-20(27-11-25-18)9-16(14)28-22(21)12-4-2-1-3-5-12/h1-9,23H,10-11H2. The van der Waals surface area contributed by atoms with Crippen LogP contribution in [-0.4, -0.2) is 18.7 Å². The molecule has 0 fully saturated rings. The molecule has 28 heavy (non-hydrogen) atoms. The van der Waals surface area contributed by atoms with Crippen LogP contribution < -0.4 is 18.9 Å². The van der Waals surface area contributed by atoms with Gasteiger partial charge in [-0.1, -0.05) is 30.3 Å². The van der Waals surface area contributed by atoms with Gasteiger partial charge in [0.1, 0.15) is 17.1 Å². The zero-order valence-electron chi connectivity index (χ0n) is 14.6. The number of hydrogen-bond donors (Lipinski definition) is 1. The summed E-state index contributed by atoms with van der Waals surface area (Å²) in [5.74, 6) is 3.13. The van der Waals surface area contributed by atoms with Crippen molar-refractivity contribution >= 4 is 11.0 Å². The molecule has 0 radical (unpaired) electrons. The highest BCUT2D eigenvalue weighted by atomic mass is 16.7. The molecule has 0 atom stereocenters. The Labute approximate surface area is 159 Å². The van der Waals surface area contributed by atoms with Gasteiger partial charge in [0.05, 0.1) is 0 Å². The van der Waals surface area contributed by atoms with E-state index in [-0.39, 0.29) is 19.3 Å². The molecule has 0 bridgehead atoms. The van der Waals surface area contributed by atoms with E-state index in [1.807, 2.05) is 42.5 Å². The van der Waals surface area contributed by atoms with Crippen LogP contribution in [0.3, 0.4) is 0 Å². The van der Waals surface area contributed by atoms with Gasteiger partial charge in [-0.2, -0.15) is 0 Å². The lowest BCUT2D eigenvalue weighted by Gasteiger charge is -2.08. The van der Waals surface area contributed by atoms with Crippen molar-refractivity contribution in [3.05, 3.63) is 54.6 Å². The molecular weight excluding hydrogens is 360 g/mol. The first-order chi connectivity index (χ1) is 13.8. The molecule has 6 heteroatoms. The molecule has 3 aromatic carbocycles. The molecule has 0 unspecified atom stereocenters. The summed E-state index contributed by atoms with van der Waals surface area (Å²) in [6.45, 7) is 0.312. The molecule has 0 spiro atoms. The summed E-state index contributed by atoms with van der Waals surface area (Å²) in [7, 11) is 0. The average molecular weight is 374 g/mol. The summed E-state index contributed by atoms with van der Waals surface area (Å²) in [5, 5.41) is 11.6. The minimum atomic E-state index is 0.0850. The third-order valence-corrected chi connectivity index (χ3v) is 4.98. The summed E-state index contributed by atoms with van der Waals surface area (Å²) in [6.07, 6.45) is 0. The topological polar surface area (TPSA) is 70.3 Å². The summed E-state index contributed by atoms with van der Waals surface area (Å²) >= 11 is 0. The maximum Gasteiger partial charge on any atom is 0.231 e. The maximum absolute atomic E-state index is 10.7. The van der Waals surface area contributed by atoms with E-state index in [0.29, 0.717) is 39.9 Å². The van der Waals surface area contributed by atoms with Crippen molar-refractivity contribution in [3.63, 3.8) is 0 Å². The maximum atomic E-state index is 10.7. The number of ether oxygens (including phenoxy) is 4. The Kier molecular flexibility index (Phi) is 3.05. The number of hydrogen-bond acceptors (Lipinski definition) is 6. The van der Waals surface area contributed by atoms with Crippen molar-refractivity contribution in [2.24, 2.45) is 0 Å². The monoisotopic (exact) mass is 374 g/mol. The first-order valence-corrected chi connectivity index (χ1v) is 8.82. The van der Waals surface area contributed by atoms with Gasteiger partial charge in [-0.05, 0) is 12.1 Å². The van der Waals surface area contributed by atoms with Gasteiger partial charge in [-0.3, -0.25) is 0 Å². The predicted octanol–water partition coefficient (Wildman–Crippen LogP) is 4.93. The quantitative estimate of drug-likeness (QED) is 0.536. The van der Waals surface area contributed by atoms with E-state index < -0.39 is 0 Å². The summed E-state index contributed by atoms with van der Waals surface area (Å²) in [6, 6.07) is 16.8. The van der Waals surface area contributed by atoms with Crippen molar-refractivity contribution < 1.29 is 28.5 Å². The molecule has 1 aromatic heterocycles. The molecule has 0 aliphatic carbocycles. The van der Waals surface area contributed by atoms with E-state index in [4.69, 9.17) is 23.4 Å². The first-order valence-electron chi connectivity index (χ1n) is 8.82. The molecule has 4 aromatic rings. The number of aromatic hydroxyl groups is 1. The molecule has 6 nitrogen and oxygen atoms in total. The predicted molar refractivity (Wildman–Crippen MR) is 101 cm³/mol. The van der Waals surface area contributed by atoms with Crippen LogP contribution >= 0.6 is 0 Å². The molecule has 3 heterocycles. The van der Waals surface area contributed by atoms with Gasteiger partial charge in [-0.15, -0.1) is 0 Å². The second kappa shape index (κ2) is 5.60. The zero-order chi connectivity index (χ0) is 18.7. The van der Waals surface area contributed by atoms with Crippen molar-refractivity contribution in [2.75, 3.05) is 13.6 Å². The minimum absolute atomic E-state index is 0.0850. The van der Waals surface area contributed by atoms with E-state index in [2.05, 4.69) is 0 Å². The highest BCUT2D eigenvalue weighted by molar-refractivity contribution is 6.04. The van der Waals surface area contributed by atoms with E-state index in [0.717, 1.165) is 16.5 Å². The number of phenols is 1. The molecule has 1 N–H and O–H groups in total. The van der Waals surface area contributed by atoms with Crippen LogP contribution in [0.2, 0.25) is 0 Å². The number of furan rings is 1. The van der Waals surface area contributed by atoms with Crippen molar-refractivity contribution in [1.29, 1.82) is 0 Å². The van der Waals surface area contributed by atoms with Gasteiger partial charge >= 0.3 is 0 Å². The fourth-order valence-electron chi connectivity index (χ4n) is 3.68. The van der Waals surface area contributed by atoms with Crippen LogP contribution in [-0.2, 0) is 0 Å². The number of benzene rings is 3. The highest BCUT2D eigenvalue weighted by Crippen LogP contribution is 2.50. The Hall–Kier alpha value is -3.80. The molecule has 2 aliphatic rings. The van der Waals surface area contributed by atoms with Crippen LogP contribution in [0, 0.1) is 0 Å². The van der Waals surface area contributed by atoms with Crippen LogP contribution in [0.5, 0.6) is 28.7 Å². The lowest BCUT2D eigenvalue weighted by Crippen LogP contribution is -1.93. The molecule has 0 amide bonds. The summed E-state index contributed by atoms with van der Waals surface area (Å²) in [5.41, 5.74) is 2.90. The second-order valence-corrected chi connectivity index (χ2v) is 6.60. The van der Waals surface area contributed by atoms with Crippen molar-refractivity contribution in [3.8, 4) is 51.2 Å². The van der Waals surface area contributed by atoms with Gasteiger partial charge < -0.3 is 28.5 Å². The van der Waals surface area contributed by atoms with Crippen LogP contribution in [0.4, 0.5) is 0 Å². The van der Waals surface area contributed by atoms with Crippen LogP contribution in [0.1, 0.15) is 0 Å². The van der Waals surface area contributed by atoms with E-state index in [1.165, 1.54) is 0 Å². The van der Waals surface area contributed by atoms with Crippen molar-refractivity contribution in [1.82, 2.24) is 0 Å². The normalized spacial score (nSPS) is 14.0. The van der Waals surface area contributed by atoms with Crippen LogP contribution in [0.15, 0.2) is 59.0 Å². The third-order valence-electron chi connectivity index (χ3n) is 4.98. The molecule has 138 valence electrons. The smallest absolute Gasteiger partial charge is 0.231 e. The fraction of sp³-hybridized carbons (Fsp3) is 0.0909. The summed E-state index contributed by atoms with van der Waals surface area (Å²) < 4.78 is 28.1. The second-order valence-electron chi connectivity index (χ2n) is 6.60. The molecule has 2 aliphatic heterocycles. The van der Waals surface area contributed by atoms with E-state index >= 15 is 0 Å². The molecular formula is C22H14O6. The van der Waals surface area contributed by atoms with Crippen molar-refractivity contribution in [2.45, 2.75) is 0 Å². The molecule has 6 rings (SSSR count). The minimum Gasteiger partial charge on any atom is -0.507 e. The van der Waals surface area contributed by atoms with Crippen LogP contribution in [0.25, 0.3) is 33.4 Å². The number of rotatable bonds is 2. The van der Waals surface area contributed by atoms with Gasteiger partial charge in [-0.25, -0.2) is 0 Å². The van der Waals surface area contributed by atoms with E-state index in [9.17, 15) is 5.11 Å². The zero-order valence-corrected chi connectivity index (χ0v) is 14.6. The van der Waals surface area contributed by atoms with Gasteiger partial charge in [0.2, 0.25) is 13.6 Å². The Morgan fingerprint density at radius 2 is 1.36 bits per heavy atom. The lowest BCUT2D eigenvalue weighted by molar-refractivity contribution is 0.173. The Bertz CT molecular complexity index is 1230. The fourth-order valence-corrected chi connectivity index (χ4v) is 3.68.